The SMILES string of the molecule is CC(CCc1cccc(F)c1)N(C)Cc1cnccn1. The summed E-state index contributed by atoms with van der Waals surface area (Å²) in [4.78, 5) is 10.6. The van der Waals surface area contributed by atoms with Gasteiger partial charge in [0.25, 0.3) is 0 Å². The molecule has 3 nitrogen and oxygen atoms in total. The monoisotopic (exact) mass is 273 g/mol. The molecule has 4 heteroatoms. The molecule has 0 aliphatic heterocycles. The molecule has 0 saturated heterocycles. The van der Waals surface area contributed by atoms with Crippen molar-refractivity contribution < 1.29 is 4.39 Å². The van der Waals surface area contributed by atoms with E-state index < -0.39 is 0 Å². The minimum absolute atomic E-state index is 0.164. The molecule has 0 fully saturated rings. The molecular weight excluding hydrogens is 253 g/mol. The van der Waals surface area contributed by atoms with Crippen LogP contribution in [0.3, 0.4) is 0 Å². The molecule has 1 aromatic carbocycles. The topological polar surface area (TPSA) is 29.0 Å². The molecule has 0 spiro atoms. The lowest BCUT2D eigenvalue weighted by atomic mass is 10.1. The van der Waals surface area contributed by atoms with Gasteiger partial charge in [-0.25, -0.2) is 4.39 Å². The summed E-state index contributed by atoms with van der Waals surface area (Å²) in [5.74, 6) is -0.164. The summed E-state index contributed by atoms with van der Waals surface area (Å²) in [5, 5.41) is 0. The number of benzene rings is 1. The van der Waals surface area contributed by atoms with E-state index in [0.29, 0.717) is 6.04 Å². The molecule has 0 amide bonds. The van der Waals surface area contributed by atoms with Crippen molar-refractivity contribution in [1.29, 1.82) is 0 Å². The Labute approximate surface area is 119 Å². The number of hydrogen-bond donors (Lipinski definition) is 0. The molecule has 1 atom stereocenters. The highest BCUT2D eigenvalue weighted by atomic mass is 19.1. The van der Waals surface area contributed by atoms with Crippen LogP contribution >= 0.6 is 0 Å². The Hall–Kier alpha value is -1.81. The van der Waals surface area contributed by atoms with Crippen LogP contribution in [0, 0.1) is 5.82 Å². The first-order valence-corrected chi connectivity index (χ1v) is 6.84. The highest BCUT2D eigenvalue weighted by Gasteiger charge is 2.10. The third kappa shape index (κ3) is 4.38. The molecule has 20 heavy (non-hydrogen) atoms. The molecule has 1 unspecified atom stereocenters. The van der Waals surface area contributed by atoms with Crippen molar-refractivity contribution in [1.82, 2.24) is 14.9 Å². The van der Waals surface area contributed by atoms with Crippen molar-refractivity contribution >= 4 is 0 Å². The van der Waals surface area contributed by atoms with Crippen molar-refractivity contribution in [3.8, 4) is 0 Å². The summed E-state index contributed by atoms with van der Waals surface area (Å²) in [6.07, 6.45) is 7.04. The maximum absolute atomic E-state index is 13.1. The van der Waals surface area contributed by atoms with Gasteiger partial charge in [-0.3, -0.25) is 14.9 Å². The molecule has 0 aliphatic carbocycles. The minimum atomic E-state index is -0.164. The molecule has 0 radical (unpaired) electrons. The second-order valence-corrected chi connectivity index (χ2v) is 5.13. The van der Waals surface area contributed by atoms with Crippen LogP contribution in [-0.2, 0) is 13.0 Å². The molecule has 0 N–H and O–H groups in total. The van der Waals surface area contributed by atoms with Crippen LogP contribution in [0.4, 0.5) is 4.39 Å². The first-order chi connectivity index (χ1) is 9.65. The van der Waals surface area contributed by atoms with E-state index in [9.17, 15) is 4.39 Å². The first-order valence-electron chi connectivity index (χ1n) is 6.84. The highest BCUT2D eigenvalue weighted by molar-refractivity contribution is 5.16. The summed E-state index contributed by atoms with van der Waals surface area (Å²) >= 11 is 0. The van der Waals surface area contributed by atoms with E-state index >= 15 is 0 Å². The lowest BCUT2D eigenvalue weighted by molar-refractivity contribution is 0.235. The standard InChI is InChI=1S/C16H20FN3/c1-13(6-7-14-4-3-5-15(17)10-14)20(2)12-16-11-18-8-9-19-16/h3-5,8-11,13H,6-7,12H2,1-2H3. The van der Waals surface area contributed by atoms with Crippen LogP contribution in [0.15, 0.2) is 42.9 Å². The van der Waals surface area contributed by atoms with E-state index in [1.807, 2.05) is 6.07 Å². The van der Waals surface area contributed by atoms with Crippen LogP contribution in [0.2, 0.25) is 0 Å². The summed E-state index contributed by atoms with van der Waals surface area (Å²) < 4.78 is 13.1. The van der Waals surface area contributed by atoms with Gasteiger partial charge >= 0.3 is 0 Å². The van der Waals surface area contributed by atoms with Gasteiger partial charge in [-0.05, 0) is 44.5 Å². The Morgan fingerprint density at radius 3 is 2.85 bits per heavy atom. The highest BCUT2D eigenvalue weighted by Crippen LogP contribution is 2.11. The lowest BCUT2D eigenvalue weighted by Crippen LogP contribution is -2.29. The zero-order valence-electron chi connectivity index (χ0n) is 12.0. The van der Waals surface area contributed by atoms with Crippen molar-refractivity contribution in [3.63, 3.8) is 0 Å². The van der Waals surface area contributed by atoms with E-state index in [2.05, 4.69) is 28.8 Å². The van der Waals surface area contributed by atoms with Gasteiger partial charge in [0.15, 0.2) is 0 Å². The molecule has 2 aromatic rings. The van der Waals surface area contributed by atoms with E-state index in [-0.39, 0.29) is 5.82 Å². The summed E-state index contributed by atoms with van der Waals surface area (Å²) in [6.45, 7) is 2.95. The molecular formula is C16H20FN3. The summed E-state index contributed by atoms with van der Waals surface area (Å²) in [5.41, 5.74) is 2.01. The van der Waals surface area contributed by atoms with Crippen LogP contribution in [-0.4, -0.2) is 28.0 Å². The van der Waals surface area contributed by atoms with Crippen molar-refractivity contribution in [2.75, 3.05) is 7.05 Å². The van der Waals surface area contributed by atoms with Gasteiger partial charge in [0.05, 0.1) is 5.69 Å². The normalized spacial score (nSPS) is 12.6. The Balaban J connectivity index is 1.83. The van der Waals surface area contributed by atoms with Crippen LogP contribution < -0.4 is 0 Å². The average Bonchev–Trinajstić information content (AvgIpc) is 2.46. The van der Waals surface area contributed by atoms with Gasteiger partial charge in [0.1, 0.15) is 5.82 Å². The quantitative estimate of drug-likeness (QED) is 0.810. The molecule has 1 heterocycles. The average molecular weight is 273 g/mol. The van der Waals surface area contributed by atoms with Gasteiger partial charge in [0, 0.05) is 31.2 Å². The maximum Gasteiger partial charge on any atom is 0.123 e. The van der Waals surface area contributed by atoms with E-state index in [0.717, 1.165) is 30.6 Å². The molecule has 2 rings (SSSR count). The van der Waals surface area contributed by atoms with Gasteiger partial charge in [-0.15, -0.1) is 0 Å². The smallest absolute Gasteiger partial charge is 0.123 e. The lowest BCUT2D eigenvalue weighted by Gasteiger charge is -2.24. The second-order valence-electron chi connectivity index (χ2n) is 5.13. The van der Waals surface area contributed by atoms with Crippen molar-refractivity contribution in [2.45, 2.75) is 32.4 Å². The van der Waals surface area contributed by atoms with Crippen LogP contribution in [0.5, 0.6) is 0 Å². The molecule has 1 aromatic heterocycles. The third-order valence-electron chi connectivity index (χ3n) is 3.52. The molecule has 106 valence electrons. The van der Waals surface area contributed by atoms with Crippen molar-refractivity contribution in [2.24, 2.45) is 0 Å². The number of aryl methyl sites for hydroxylation is 1. The fourth-order valence-corrected chi connectivity index (χ4v) is 2.11. The Morgan fingerprint density at radius 2 is 2.15 bits per heavy atom. The van der Waals surface area contributed by atoms with Crippen molar-refractivity contribution in [3.05, 3.63) is 59.9 Å². The summed E-state index contributed by atoms with van der Waals surface area (Å²) in [6, 6.07) is 7.22. The van der Waals surface area contributed by atoms with Crippen LogP contribution in [0.1, 0.15) is 24.6 Å². The number of rotatable bonds is 6. The zero-order valence-corrected chi connectivity index (χ0v) is 12.0. The van der Waals surface area contributed by atoms with E-state index in [4.69, 9.17) is 0 Å². The fraction of sp³-hybridized carbons (Fsp3) is 0.375. The van der Waals surface area contributed by atoms with E-state index in [1.165, 1.54) is 6.07 Å². The maximum atomic E-state index is 13.1. The fourth-order valence-electron chi connectivity index (χ4n) is 2.11. The summed E-state index contributed by atoms with van der Waals surface area (Å²) in [7, 11) is 2.07. The minimum Gasteiger partial charge on any atom is -0.298 e. The van der Waals surface area contributed by atoms with Gasteiger partial charge in [-0.2, -0.15) is 0 Å². The number of aromatic nitrogens is 2. The first kappa shape index (κ1) is 14.6. The Bertz CT molecular complexity index is 530. The number of halogens is 1. The van der Waals surface area contributed by atoms with Crippen LogP contribution in [0.25, 0.3) is 0 Å². The number of hydrogen-bond acceptors (Lipinski definition) is 3. The van der Waals surface area contributed by atoms with Gasteiger partial charge in [-0.1, -0.05) is 12.1 Å². The zero-order chi connectivity index (χ0) is 14.4. The molecule has 0 aliphatic rings. The van der Waals surface area contributed by atoms with E-state index in [1.54, 1.807) is 30.7 Å². The van der Waals surface area contributed by atoms with Gasteiger partial charge in [0.2, 0.25) is 0 Å². The second kappa shape index (κ2) is 7.10. The Morgan fingerprint density at radius 1 is 1.30 bits per heavy atom. The number of nitrogens with zero attached hydrogens (tertiary/aromatic N) is 3. The third-order valence-corrected chi connectivity index (χ3v) is 3.52. The predicted octanol–water partition coefficient (Wildman–Crippen LogP) is 3.07. The molecule has 0 bridgehead atoms. The van der Waals surface area contributed by atoms with Gasteiger partial charge < -0.3 is 0 Å². The predicted molar refractivity (Wildman–Crippen MR) is 77.7 cm³/mol. The largest absolute Gasteiger partial charge is 0.298 e. The Kier molecular flexibility index (Phi) is 5.18. The molecule has 0 saturated carbocycles.